The van der Waals surface area contributed by atoms with Crippen molar-refractivity contribution >= 4 is 22.9 Å². The lowest BCUT2D eigenvalue weighted by Gasteiger charge is -2.29. The Bertz CT molecular complexity index is 828. The Morgan fingerprint density at radius 3 is 3.08 bits per heavy atom. The van der Waals surface area contributed by atoms with Crippen LogP contribution in [0.4, 0.5) is 0 Å². The molecule has 1 fully saturated rings. The van der Waals surface area contributed by atoms with Crippen LogP contribution in [0.3, 0.4) is 0 Å². The molecule has 4 rings (SSSR count). The van der Waals surface area contributed by atoms with Crippen LogP contribution in [0, 0.1) is 0 Å². The topological polar surface area (TPSA) is 70.2 Å². The number of aromatic amines is 1. The minimum atomic E-state index is -0.108. The summed E-state index contributed by atoms with van der Waals surface area (Å²) in [5.41, 5.74) is 1.70. The van der Waals surface area contributed by atoms with E-state index in [1.807, 2.05) is 18.3 Å². The van der Waals surface area contributed by atoms with Crippen LogP contribution >= 0.6 is 0 Å². The second kappa shape index (κ2) is 6.13. The summed E-state index contributed by atoms with van der Waals surface area (Å²) >= 11 is 0. The number of ketones is 1. The lowest BCUT2D eigenvalue weighted by atomic mass is 10.1. The number of likely N-dealkylation sites (tertiary alicyclic amines) is 1. The molecule has 6 heteroatoms. The van der Waals surface area contributed by atoms with Crippen molar-refractivity contribution in [1.29, 1.82) is 0 Å². The molecular formula is C18H20N4O2. The fourth-order valence-electron chi connectivity index (χ4n) is 3.15. The highest BCUT2D eigenvalue weighted by molar-refractivity contribution is 6.08. The second-order valence-electron chi connectivity index (χ2n) is 6.35. The molecule has 0 amide bonds. The van der Waals surface area contributed by atoms with Crippen molar-refractivity contribution in [2.75, 3.05) is 20.1 Å². The number of piperidine rings is 1. The summed E-state index contributed by atoms with van der Waals surface area (Å²) < 4.78 is 5.74. The molecule has 124 valence electrons. The minimum absolute atomic E-state index is 0.108. The number of hydrogen-bond acceptors (Lipinski definition) is 5. The van der Waals surface area contributed by atoms with E-state index in [0.717, 1.165) is 42.5 Å². The summed E-state index contributed by atoms with van der Waals surface area (Å²) in [5, 5.41) is 4.32. The lowest BCUT2D eigenvalue weighted by molar-refractivity contribution is -0.112. The first-order valence-corrected chi connectivity index (χ1v) is 8.22. The van der Waals surface area contributed by atoms with Gasteiger partial charge >= 0.3 is 0 Å². The number of pyridine rings is 1. The monoisotopic (exact) mass is 324 g/mol. The van der Waals surface area contributed by atoms with Gasteiger partial charge in [0.05, 0.1) is 0 Å². The number of allylic oxidation sites excluding steroid dienone is 1. The highest BCUT2D eigenvalue weighted by Gasteiger charge is 2.24. The normalized spacial score (nSPS) is 21.3. The highest BCUT2D eigenvalue weighted by atomic mass is 16.5. The van der Waals surface area contributed by atoms with E-state index >= 15 is 0 Å². The quantitative estimate of drug-likeness (QED) is 0.846. The molecule has 2 aliphatic heterocycles. The van der Waals surface area contributed by atoms with Crippen LogP contribution in [-0.4, -0.2) is 46.8 Å². The summed E-state index contributed by atoms with van der Waals surface area (Å²) in [5.74, 6) is 0.789. The van der Waals surface area contributed by atoms with Gasteiger partial charge in [0.1, 0.15) is 5.65 Å². The number of rotatable bonds is 3. The summed E-state index contributed by atoms with van der Waals surface area (Å²) in [6.45, 7) is 2.12. The molecule has 2 aromatic heterocycles. The molecule has 0 bridgehead atoms. The number of carbonyl (C=O) groups is 1. The smallest absolute Gasteiger partial charge is 0.226 e. The van der Waals surface area contributed by atoms with E-state index in [0.29, 0.717) is 17.7 Å². The lowest BCUT2D eigenvalue weighted by Crippen LogP contribution is -2.40. The van der Waals surface area contributed by atoms with Crippen molar-refractivity contribution in [2.24, 2.45) is 0 Å². The molecule has 0 spiro atoms. The Morgan fingerprint density at radius 2 is 2.25 bits per heavy atom. The second-order valence-corrected chi connectivity index (χ2v) is 6.35. The van der Waals surface area contributed by atoms with E-state index in [1.54, 1.807) is 12.3 Å². The molecule has 24 heavy (non-hydrogen) atoms. The van der Waals surface area contributed by atoms with E-state index in [4.69, 9.17) is 4.74 Å². The number of H-pyrrole nitrogens is 1. The molecule has 0 radical (unpaired) electrons. The minimum Gasteiger partial charge on any atom is -0.437 e. The van der Waals surface area contributed by atoms with E-state index < -0.39 is 0 Å². The third kappa shape index (κ3) is 2.92. The van der Waals surface area contributed by atoms with E-state index in [1.165, 1.54) is 6.08 Å². The molecule has 4 heterocycles. The van der Waals surface area contributed by atoms with E-state index in [-0.39, 0.29) is 5.78 Å². The van der Waals surface area contributed by atoms with Gasteiger partial charge in [-0.15, -0.1) is 0 Å². The first kappa shape index (κ1) is 15.0. The zero-order chi connectivity index (χ0) is 16.5. The molecule has 0 aromatic carbocycles. The molecule has 0 unspecified atom stereocenters. The third-order valence-electron chi connectivity index (χ3n) is 4.56. The number of carbonyl (C=O) groups excluding carboxylic acids is 1. The van der Waals surface area contributed by atoms with Crippen molar-refractivity contribution in [1.82, 2.24) is 20.2 Å². The summed E-state index contributed by atoms with van der Waals surface area (Å²) in [6.07, 6.45) is 8.99. The van der Waals surface area contributed by atoms with Crippen LogP contribution in [0.25, 0.3) is 17.1 Å². The Labute approximate surface area is 140 Å². The van der Waals surface area contributed by atoms with Crippen LogP contribution in [0.2, 0.25) is 0 Å². The molecule has 0 atom stereocenters. The average Bonchev–Trinajstić information content (AvgIpc) is 3.14. The van der Waals surface area contributed by atoms with Gasteiger partial charge in [-0.3, -0.25) is 4.79 Å². The van der Waals surface area contributed by atoms with Crippen molar-refractivity contribution in [3.05, 3.63) is 47.8 Å². The van der Waals surface area contributed by atoms with E-state index in [2.05, 4.69) is 27.2 Å². The van der Waals surface area contributed by atoms with Gasteiger partial charge in [-0.05, 0) is 51.2 Å². The largest absolute Gasteiger partial charge is 0.437 e. The number of nitrogens with one attached hydrogen (secondary N) is 2. The standard InChI is InChI=1S/C18H20N4O2/c1-22-7-4-13(5-8-22)21-17-10-15(23)16(24-17)9-12-11-20-18-14(12)3-2-6-19-18/h2-3,6,9-11,13,21H,4-5,7-8H2,1H3,(H,19,20)/b16-9+. The Morgan fingerprint density at radius 1 is 1.42 bits per heavy atom. The first-order chi connectivity index (χ1) is 11.7. The highest BCUT2D eigenvalue weighted by Crippen LogP contribution is 2.24. The predicted molar refractivity (Wildman–Crippen MR) is 91.9 cm³/mol. The SMILES string of the molecule is CN1CCC(NC2=CC(=O)/C(=C\c3c[nH]c4ncccc34)O2)CC1. The summed E-state index contributed by atoms with van der Waals surface area (Å²) in [7, 11) is 2.13. The van der Waals surface area contributed by atoms with Crippen molar-refractivity contribution in [3.63, 3.8) is 0 Å². The van der Waals surface area contributed by atoms with Crippen LogP contribution in [0.5, 0.6) is 0 Å². The van der Waals surface area contributed by atoms with Gasteiger partial charge in [0.25, 0.3) is 0 Å². The maximum Gasteiger partial charge on any atom is 0.226 e. The predicted octanol–water partition coefficient (Wildman–Crippen LogP) is 2.03. The van der Waals surface area contributed by atoms with Gasteiger partial charge in [-0.2, -0.15) is 0 Å². The van der Waals surface area contributed by atoms with E-state index in [9.17, 15) is 4.79 Å². The fraction of sp³-hybridized carbons (Fsp3) is 0.333. The molecule has 2 aliphatic rings. The summed E-state index contributed by atoms with van der Waals surface area (Å²) in [4.78, 5) is 21.9. The number of aromatic nitrogens is 2. The maximum absolute atomic E-state index is 12.2. The van der Waals surface area contributed by atoms with Crippen LogP contribution in [0.15, 0.2) is 42.2 Å². The molecule has 2 aromatic rings. The number of nitrogens with zero attached hydrogens (tertiary/aromatic N) is 2. The van der Waals surface area contributed by atoms with Crippen molar-refractivity contribution < 1.29 is 9.53 Å². The molecular weight excluding hydrogens is 304 g/mol. The zero-order valence-corrected chi connectivity index (χ0v) is 13.6. The average molecular weight is 324 g/mol. The van der Waals surface area contributed by atoms with Crippen LogP contribution in [0.1, 0.15) is 18.4 Å². The van der Waals surface area contributed by atoms with Gasteiger partial charge in [0, 0.05) is 35.5 Å². The Kier molecular flexibility index (Phi) is 3.82. The maximum atomic E-state index is 12.2. The van der Waals surface area contributed by atoms with Gasteiger partial charge < -0.3 is 19.9 Å². The van der Waals surface area contributed by atoms with Crippen LogP contribution in [-0.2, 0) is 9.53 Å². The fourth-order valence-corrected chi connectivity index (χ4v) is 3.15. The number of hydrogen-bond donors (Lipinski definition) is 2. The van der Waals surface area contributed by atoms with Gasteiger partial charge in [-0.25, -0.2) is 4.98 Å². The van der Waals surface area contributed by atoms with Gasteiger partial charge in [-0.1, -0.05) is 0 Å². The first-order valence-electron chi connectivity index (χ1n) is 8.22. The van der Waals surface area contributed by atoms with Crippen LogP contribution < -0.4 is 5.32 Å². The summed E-state index contributed by atoms with van der Waals surface area (Å²) in [6, 6.07) is 4.20. The molecule has 0 aliphatic carbocycles. The molecule has 6 nitrogen and oxygen atoms in total. The Hall–Kier alpha value is -2.60. The van der Waals surface area contributed by atoms with Crippen molar-refractivity contribution in [2.45, 2.75) is 18.9 Å². The Balaban J connectivity index is 1.47. The van der Waals surface area contributed by atoms with Crippen molar-refractivity contribution in [3.8, 4) is 0 Å². The third-order valence-corrected chi connectivity index (χ3v) is 4.56. The number of ether oxygens (including phenoxy) is 1. The molecule has 2 N–H and O–H groups in total. The van der Waals surface area contributed by atoms with Gasteiger partial charge in [0.15, 0.2) is 11.6 Å². The zero-order valence-electron chi connectivity index (χ0n) is 13.6. The van der Waals surface area contributed by atoms with Gasteiger partial charge in [0.2, 0.25) is 5.78 Å². The number of fused-ring (bicyclic) bond motifs is 1. The molecule has 1 saturated heterocycles. The molecule has 0 saturated carbocycles.